The molecule has 2 aliphatic rings. The lowest BCUT2D eigenvalue weighted by molar-refractivity contribution is -0.123. The van der Waals surface area contributed by atoms with Crippen LogP contribution in [-0.2, 0) is 27.2 Å². The van der Waals surface area contributed by atoms with Crippen molar-refractivity contribution < 1.29 is 19.1 Å². The number of thiophene rings is 2. The van der Waals surface area contributed by atoms with Crippen molar-refractivity contribution >= 4 is 68.5 Å². The number of carbonyl (C=O) groups is 3. The minimum atomic E-state index is -0.377. The smallest absolute Gasteiger partial charge is 0.341 e. The number of thioether (sulfide) groups is 1. The average Bonchev–Trinajstić information content (AvgIpc) is 3.43. The van der Waals surface area contributed by atoms with Gasteiger partial charge in [0, 0.05) is 21.2 Å². The van der Waals surface area contributed by atoms with Crippen molar-refractivity contribution in [1.29, 1.82) is 0 Å². The van der Waals surface area contributed by atoms with Gasteiger partial charge in [-0.1, -0.05) is 32.0 Å². The molecule has 3 heterocycles. The molecule has 10 heteroatoms. The molecule has 0 fully saturated rings. The van der Waals surface area contributed by atoms with Crippen molar-refractivity contribution in [2.24, 2.45) is 10.9 Å². The van der Waals surface area contributed by atoms with Crippen LogP contribution in [0.2, 0.25) is 0 Å². The summed E-state index contributed by atoms with van der Waals surface area (Å²) in [6, 6.07) is 3.99. The van der Waals surface area contributed by atoms with E-state index in [0.29, 0.717) is 28.0 Å². The average molecular weight is 560 g/mol. The second-order valence-corrected chi connectivity index (χ2v) is 12.9. The van der Waals surface area contributed by atoms with Gasteiger partial charge < -0.3 is 10.1 Å². The zero-order valence-corrected chi connectivity index (χ0v) is 24.2. The van der Waals surface area contributed by atoms with Crippen LogP contribution in [0.15, 0.2) is 22.8 Å². The Balaban J connectivity index is 1.50. The molecule has 2 aromatic rings. The first-order valence-corrected chi connectivity index (χ1v) is 15.3. The summed E-state index contributed by atoms with van der Waals surface area (Å²) < 4.78 is 5.32. The number of amides is 2. The second kappa shape index (κ2) is 12.4. The van der Waals surface area contributed by atoms with Gasteiger partial charge >= 0.3 is 5.97 Å². The maximum Gasteiger partial charge on any atom is 0.341 e. The number of nitrogens with zero attached hydrogens (tertiary/aromatic N) is 2. The Bertz CT molecular complexity index is 1240. The van der Waals surface area contributed by atoms with Gasteiger partial charge in [0.2, 0.25) is 5.91 Å². The van der Waals surface area contributed by atoms with E-state index in [1.807, 2.05) is 39.0 Å². The molecule has 0 bridgehead atoms. The molecule has 0 spiro atoms. The Kier molecular flexibility index (Phi) is 9.26. The molecule has 2 amide bonds. The zero-order valence-electron chi connectivity index (χ0n) is 21.7. The molecular formula is C27H33N3O4S3. The lowest BCUT2D eigenvalue weighted by Gasteiger charge is -2.19. The SMILES string of the molecule is CCOC(=O)c1c(NC(=O)CSC2=N/C(=C/c3ccc(C)s3)C(=O)N2CC(C)C)sc2c1CCCCC2. The molecular weight excluding hydrogens is 527 g/mol. The summed E-state index contributed by atoms with van der Waals surface area (Å²) in [5.74, 6) is -0.429. The molecule has 0 saturated heterocycles. The third-order valence-corrected chi connectivity index (χ3v) is 9.12. The summed E-state index contributed by atoms with van der Waals surface area (Å²) >= 11 is 4.33. The molecule has 0 aromatic carbocycles. The van der Waals surface area contributed by atoms with Crippen molar-refractivity contribution in [1.82, 2.24) is 4.90 Å². The van der Waals surface area contributed by atoms with Gasteiger partial charge in [0.05, 0.1) is 17.9 Å². The topological polar surface area (TPSA) is 88.1 Å². The number of hydrogen-bond donors (Lipinski definition) is 1. The van der Waals surface area contributed by atoms with Crippen molar-refractivity contribution in [3.63, 3.8) is 0 Å². The minimum Gasteiger partial charge on any atom is -0.462 e. The van der Waals surface area contributed by atoms with Crippen LogP contribution in [0.25, 0.3) is 6.08 Å². The van der Waals surface area contributed by atoms with E-state index in [4.69, 9.17) is 4.74 Å². The molecule has 4 rings (SSSR count). The molecule has 37 heavy (non-hydrogen) atoms. The summed E-state index contributed by atoms with van der Waals surface area (Å²) in [5.41, 5.74) is 1.92. The fourth-order valence-corrected chi connectivity index (χ4v) is 7.29. The maximum atomic E-state index is 13.1. The number of nitrogens with one attached hydrogen (secondary N) is 1. The van der Waals surface area contributed by atoms with Gasteiger partial charge in [0.25, 0.3) is 5.91 Å². The van der Waals surface area contributed by atoms with Crippen LogP contribution in [0.1, 0.15) is 70.6 Å². The van der Waals surface area contributed by atoms with Gasteiger partial charge in [-0.05, 0) is 69.2 Å². The highest BCUT2D eigenvalue weighted by molar-refractivity contribution is 8.14. The van der Waals surface area contributed by atoms with E-state index in [0.717, 1.165) is 47.4 Å². The number of rotatable bonds is 8. The summed E-state index contributed by atoms with van der Waals surface area (Å²) in [7, 11) is 0. The van der Waals surface area contributed by atoms with Crippen LogP contribution in [0.5, 0.6) is 0 Å². The molecule has 1 aliphatic heterocycles. The molecule has 2 aromatic heterocycles. The Morgan fingerprint density at radius 2 is 2.00 bits per heavy atom. The van der Waals surface area contributed by atoms with Crippen LogP contribution in [0, 0.1) is 12.8 Å². The first-order valence-electron chi connectivity index (χ1n) is 12.7. The largest absolute Gasteiger partial charge is 0.462 e. The van der Waals surface area contributed by atoms with E-state index in [2.05, 4.69) is 10.3 Å². The third kappa shape index (κ3) is 6.72. The Morgan fingerprint density at radius 1 is 1.22 bits per heavy atom. The molecule has 1 aliphatic carbocycles. The molecule has 7 nitrogen and oxygen atoms in total. The summed E-state index contributed by atoms with van der Waals surface area (Å²) in [4.78, 5) is 48.5. The lowest BCUT2D eigenvalue weighted by atomic mass is 10.1. The Hall–Kier alpha value is -2.43. The molecule has 0 radical (unpaired) electrons. The van der Waals surface area contributed by atoms with Gasteiger partial charge in [-0.3, -0.25) is 14.5 Å². The Labute approximate surface area is 230 Å². The predicted octanol–water partition coefficient (Wildman–Crippen LogP) is 6.13. The number of carbonyl (C=O) groups excluding carboxylic acids is 3. The van der Waals surface area contributed by atoms with Crippen molar-refractivity contribution in [3.05, 3.63) is 43.6 Å². The molecule has 0 atom stereocenters. The first kappa shape index (κ1) is 27.6. The minimum absolute atomic E-state index is 0.0803. The van der Waals surface area contributed by atoms with E-state index in [9.17, 15) is 14.4 Å². The molecule has 0 saturated carbocycles. The van der Waals surface area contributed by atoms with Gasteiger partial charge in [0.15, 0.2) is 5.17 Å². The highest BCUT2D eigenvalue weighted by Gasteiger charge is 2.32. The quantitative estimate of drug-likeness (QED) is 0.239. The van der Waals surface area contributed by atoms with Gasteiger partial charge in [-0.2, -0.15) is 0 Å². The molecule has 1 N–H and O–H groups in total. The van der Waals surface area contributed by atoms with Crippen LogP contribution < -0.4 is 5.32 Å². The third-order valence-electron chi connectivity index (χ3n) is 5.99. The van der Waals surface area contributed by atoms with E-state index in [1.165, 1.54) is 28.0 Å². The summed E-state index contributed by atoms with van der Waals surface area (Å²) in [6.45, 7) is 8.71. The van der Waals surface area contributed by atoms with Crippen LogP contribution in [0.3, 0.4) is 0 Å². The van der Waals surface area contributed by atoms with Gasteiger partial charge in [-0.25, -0.2) is 9.79 Å². The lowest BCUT2D eigenvalue weighted by Crippen LogP contribution is -2.34. The number of anilines is 1. The van der Waals surface area contributed by atoms with Crippen LogP contribution in [0.4, 0.5) is 5.00 Å². The van der Waals surface area contributed by atoms with Gasteiger partial charge in [0.1, 0.15) is 10.7 Å². The standard InChI is InChI=1S/C27H33N3O4S3/c1-5-34-26(33)23-19-9-7-6-8-10-21(19)37-24(23)29-22(31)15-35-27-28-20(13-18-12-11-17(4)36-18)25(32)30(27)14-16(2)3/h11-13,16H,5-10,14-15H2,1-4H3,(H,29,31)/b20-13+. The number of hydrogen-bond acceptors (Lipinski definition) is 8. The fourth-order valence-electron chi connectivity index (χ4n) is 4.38. The second-order valence-electron chi connectivity index (χ2n) is 9.51. The summed E-state index contributed by atoms with van der Waals surface area (Å²) in [5, 5.41) is 4.05. The maximum absolute atomic E-state index is 13.1. The first-order chi connectivity index (χ1) is 17.8. The van der Waals surface area contributed by atoms with E-state index in [1.54, 1.807) is 23.2 Å². The number of ether oxygens (including phenoxy) is 1. The summed E-state index contributed by atoms with van der Waals surface area (Å²) in [6.07, 6.45) is 6.80. The van der Waals surface area contributed by atoms with E-state index in [-0.39, 0.29) is 36.1 Å². The Morgan fingerprint density at radius 3 is 2.70 bits per heavy atom. The highest BCUT2D eigenvalue weighted by atomic mass is 32.2. The fraction of sp³-hybridized carbons (Fsp3) is 0.481. The number of aliphatic imine (C=N–C) groups is 1. The van der Waals surface area contributed by atoms with Crippen molar-refractivity contribution in [2.45, 2.75) is 59.8 Å². The van der Waals surface area contributed by atoms with Crippen molar-refractivity contribution in [3.8, 4) is 0 Å². The van der Waals surface area contributed by atoms with E-state index < -0.39 is 0 Å². The number of esters is 1. The monoisotopic (exact) mass is 559 g/mol. The number of aryl methyl sites for hydroxylation is 2. The van der Waals surface area contributed by atoms with Crippen molar-refractivity contribution in [2.75, 3.05) is 24.2 Å². The van der Waals surface area contributed by atoms with Gasteiger partial charge in [-0.15, -0.1) is 22.7 Å². The predicted molar refractivity (Wildman–Crippen MR) is 154 cm³/mol. The zero-order chi connectivity index (χ0) is 26.5. The van der Waals surface area contributed by atoms with Crippen LogP contribution >= 0.6 is 34.4 Å². The normalized spacial score (nSPS) is 16.7. The molecule has 198 valence electrons. The number of amidine groups is 1. The number of fused-ring (bicyclic) bond motifs is 1. The molecule has 0 unspecified atom stereocenters. The van der Waals surface area contributed by atoms with Crippen LogP contribution in [-0.4, -0.2) is 46.8 Å². The highest BCUT2D eigenvalue weighted by Crippen LogP contribution is 2.38. The van der Waals surface area contributed by atoms with E-state index >= 15 is 0 Å².